The number of nitrogens with zero attached hydrogens (tertiary/aromatic N) is 1. The molecule has 2 aliphatic heterocycles. The third kappa shape index (κ3) is 2.85. The molecule has 0 spiro atoms. The van der Waals surface area contributed by atoms with Crippen molar-refractivity contribution in [2.75, 3.05) is 26.3 Å². The highest BCUT2D eigenvalue weighted by molar-refractivity contribution is 5.80. The van der Waals surface area contributed by atoms with Gasteiger partial charge in [0.1, 0.15) is 0 Å². The van der Waals surface area contributed by atoms with Crippen LogP contribution in [0, 0.1) is 11.3 Å². The Hall–Kier alpha value is -0.810. The molecule has 22 heavy (non-hydrogen) atoms. The highest BCUT2D eigenvalue weighted by Gasteiger charge is 2.59. The first-order chi connectivity index (χ1) is 10.5. The smallest absolute Gasteiger partial charge is 0.191 e. The number of hydrogen-bond acceptors (Lipinski definition) is 3. The zero-order valence-electron chi connectivity index (χ0n) is 14.4. The van der Waals surface area contributed by atoms with Gasteiger partial charge in [0.05, 0.1) is 18.2 Å². The summed E-state index contributed by atoms with van der Waals surface area (Å²) in [5.41, 5.74) is 0.0849. The van der Waals surface area contributed by atoms with Crippen LogP contribution in [0.15, 0.2) is 4.99 Å². The van der Waals surface area contributed by atoms with Gasteiger partial charge in [-0.25, -0.2) is 0 Å². The molecule has 3 fully saturated rings. The van der Waals surface area contributed by atoms with Gasteiger partial charge in [-0.1, -0.05) is 13.8 Å². The van der Waals surface area contributed by atoms with Crippen molar-refractivity contribution >= 4 is 5.96 Å². The van der Waals surface area contributed by atoms with Gasteiger partial charge in [0.2, 0.25) is 0 Å². The summed E-state index contributed by atoms with van der Waals surface area (Å²) in [6.07, 6.45) is 3.81. The lowest BCUT2D eigenvalue weighted by molar-refractivity contribution is -0.106. The summed E-state index contributed by atoms with van der Waals surface area (Å²) in [5, 5.41) is 7.04. The first-order valence-corrected chi connectivity index (χ1v) is 8.77. The van der Waals surface area contributed by atoms with E-state index in [9.17, 15) is 0 Å². The molecule has 0 bridgehead atoms. The van der Waals surface area contributed by atoms with E-state index in [1.807, 2.05) is 0 Å². The molecule has 1 aliphatic carbocycles. The fourth-order valence-corrected chi connectivity index (χ4v) is 4.29. The summed E-state index contributed by atoms with van der Waals surface area (Å²) in [4.78, 5) is 4.80. The van der Waals surface area contributed by atoms with Crippen LogP contribution in [0.5, 0.6) is 0 Å². The lowest BCUT2D eigenvalue weighted by atomic mass is 9.57. The summed E-state index contributed by atoms with van der Waals surface area (Å²) >= 11 is 0. The Morgan fingerprint density at radius 3 is 2.77 bits per heavy atom. The monoisotopic (exact) mass is 309 g/mol. The standard InChI is InChI=1S/C17H31N3O2/c1-5-18-15(19-11-17(4)8-6-9-22-17)20-13-12-7-10-21-14(12)16(13,2)3/h12-14H,5-11H2,1-4H3,(H2,18,19,20). The van der Waals surface area contributed by atoms with Crippen molar-refractivity contribution < 1.29 is 9.47 Å². The van der Waals surface area contributed by atoms with E-state index in [4.69, 9.17) is 14.5 Å². The van der Waals surface area contributed by atoms with Crippen molar-refractivity contribution in [2.45, 2.75) is 64.7 Å². The minimum atomic E-state index is -0.0868. The number of ether oxygens (including phenoxy) is 2. The Labute approximate surface area is 134 Å². The molecule has 5 heteroatoms. The number of guanidine groups is 1. The predicted octanol–water partition coefficient (Wildman–Crippen LogP) is 1.92. The van der Waals surface area contributed by atoms with E-state index in [-0.39, 0.29) is 11.0 Å². The van der Waals surface area contributed by atoms with Gasteiger partial charge in [-0.15, -0.1) is 0 Å². The second-order valence-electron chi connectivity index (χ2n) is 7.78. The van der Waals surface area contributed by atoms with Crippen LogP contribution in [0.2, 0.25) is 0 Å². The minimum Gasteiger partial charge on any atom is -0.377 e. The molecule has 0 aromatic rings. The fourth-order valence-electron chi connectivity index (χ4n) is 4.29. The summed E-state index contributed by atoms with van der Waals surface area (Å²) in [6.45, 7) is 12.2. The van der Waals surface area contributed by atoms with Crippen LogP contribution in [0.3, 0.4) is 0 Å². The molecule has 4 atom stereocenters. The molecule has 2 saturated heterocycles. The van der Waals surface area contributed by atoms with Crippen molar-refractivity contribution in [1.29, 1.82) is 0 Å². The van der Waals surface area contributed by atoms with Gasteiger partial charge < -0.3 is 20.1 Å². The maximum Gasteiger partial charge on any atom is 0.191 e. The second-order valence-corrected chi connectivity index (χ2v) is 7.78. The van der Waals surface area contributed by atoms with E-state index in [1.54, 1.807) is 0 Å². The van der Waals surface area contributed by atoms with E-state index >= 15 is 0 Å². The third-order valence-electron chi connectivity index (χ3n) is 5.61. The average molecular weight is 309 g/mol. The maximum atomic E-state index is 5.88. The first kappa shape index (κ1) is 16.1. The number of nitrogens with one attached hydrogen (secondary N) is 2. The molecule has 126 valence electrons. The molecule has 2 N–H and O–H groups in total. The van der Waals surface area contributed by atoms with Crippen LogP contribution in [0.1, 0.15) is 47.0 Å². The van der Waals surface area contributed by atoms with E-state index in [0.29, 0.717) is 18.1 Å². The van der Waals surface area contributed by atoms with Gasteiger partial charge in [0, 0.05) is 37.1 Å². The number of rotatable bonds is 4. The second kappa shape index (κ2) is 6.00. The summed E-state index contributed by atoms with van der Waals surface area (Å²) < 4.78 is 11.7. The highest BCUT2D eigenvalue weighted by atomic mass is 16.5. The van der Waals surface area contributed by atoms with Crippen LogP contribution in [0.4, 0.5) is 0 Å². The molecule has 2 heterocycles. The Morgan fingerprint density at radius 1 is 1.27 bits per heavy atom. The predicted molar refractivity (Wildman–Crippen MR) is 88.1 cm³/mol. The van der Waals surface area contributed by atoms with Gasteiger partial charge in [-0.3, -0.25) is 4.99 Å². The van der Waals surface area contributed by atoms with Gasteiger partial charge in [-0.05, 0) is 33.1 Å². The van der Waals surface area contributed by atoms with Crippen LogP contribution in [0.25, 0.3) is 0 Å². The molecule has 0 aromatic heterocycles. The summed E-state index contributed by atoms with van der Waals surface area (Å²) in [7, 11) is 0. The zero-order valence-corrected chi connectivity index (χ0v) is 14.4. The largest absolute Gasteiger partial charge is 0.377 e. The molecule has 3 aliphatic rings. The molecule has 0 radical (unpaired) electrons. The Bertz CT molecular complexity index is 430. The molecule has 4 unspecified atom stereocenters. The van der Waals surface area contributed by atoms with Gasteiger partial charge in [0.25, 0.3) is 0 Å². The van der Waals surface area contributed by atoms with Crippen LogP contribution < -0.4 is 10.6 Å². The lowest BCUT2D eigenvalue weighted by Crippen LogP contribution is -2.68. The van der Waals surface area contributed by atoms with E-state index in [2.05, 4.69) is 38.3 Å². The van der Waals surface area contributed by atoms with Crippen molar-refractivity contribution in [3.8, 4) is 0 Å². The molecule has 3 rings (SSSR count). The Morgan fingerprint density at radius 2 is 2.09 bits per heavy atom. The number of aliphatic imine (C=N–C) groups is 1. The molecule has 0 amide bonds. The van der Waals surface area contributed by atoms with E-state index in [1.165, 1.54) is 0 Å². The van der Waals surface area contributed by atoms with E-state index < -0.39 is 0 Å². The zero-order chi connectivity index (χ0) is 15.8. The normalized spacial score (nSPS) is 40.2. The maximum absolute atomic E-state index is 5.88. The Balaban J connectivity index is 1.64. The quantitative estimate of drug-likeness (QED) is 0.615. The van der Waals surface area contributed by atoms with Crippen molar-refractivity contribution in [3.05, 3.63) is 0 Å². The molecule has 1 saturated carbocycles. The minimum absolute atomic E-state index is 0.0868. The summed E-state index contributed by atoms with van der Waals surface area (Å²) in [5.74, 6) is 1.54. The average Bonchev–Trinajstić information content (AvgIpc) is 3.10. The third-order valence-corrected chi connectivity index (χ3v) is 5.61. The van der Waals surface area contributed by atoms with Crippen molar-refractivity contribution in [1.82, 2.24) is 10.6 Å². The molecular formula is C17H31N3O2. The van der Waals surface area contributed by atoms with Crippen LogP contribution in [-0.4, -0.2) is 50.0 Å². The van der Waals surface area contributed by atoms with Gasteiger partial charge in [0.15, 0.2) is 5.96 Å². The fraction of sp³-hybridized carbons (Fsp3) is 0.941. The number of hydrogen-bond donors (Lipinski definition) is 2. The van der Waals surface area contributed by atoms with Crippen molar-refractivity contribution in [2.24, 2.45) is 16.3 Å². The van der Waals surface area contributed by atoms with Gasteiger partial charge in [-0.2, -0.15) is 0 Å². The topological polar surface area (TPSA) is 54.9 Å². The SMILES string of the molecule is CCNC(=NCC1(C)CCCO1)NC1C2CCOC2C1(C)C. The van der Waals surface area contributed by atoms with Crippen LogP contribution >= 0.6 is 0 Å². The molecular weight excluding hydrogens is 278 g/mol. The molecule has 5 nitrogen and oxygen atoms in total. The number of fused-ring (bicyclic) bond motifs is 1. The summed E-state index contributed by atoms with van der Waals surface area (Å²) in [6, 6.07) is 0.440. The molecule has 0 aromatic carbocycles. The first-order valence-electron chi connectivity index (χ1n) is 8.77. The lowest BCUT2D eigenvalue weighted by Gasteiger charge is -2.55. The highest BCUT2D eigenvalue weighted by Crippen LogP contribution is 2.52. The Kier molecular flexibility index (Phi) is 4.38. The van der Waals surface area contributed by atoms with Gasteiger partial charge >= 0.3 is 0 Å². The van der Waals surface area contributed by atoms with Crippen LogP contribution in [-0.2, 0) is 9.47 Å². The van der Waals surface area contributed by atoms with Crippen molar-refractivity contribution in [3.63, 3.8) is 0 Å². The van der Waals surface area contributed by atoms with E-state index in [0.717, 1.165) is 51.5 Å².